The average Bonchev–Trinajstić information content (AvgIpc) is 2.74. The number of aliphatic hydroxyl groups is 1. The van der Waals surface area contributed by atoms with Crippen LogP contribution in [0.3, 0.4) is 0 Å². The number of aliphatic hydroxyl groups excluding tert-OH is 1. The molecule has 2 aromatic carbocycles. The predicted octanol–water partition coefficient (Wildman–Crippen LogP) is 6.10. The molecule has 2 saturated carbocycles. The van der Waals surface area contributed by atoms with E-state index in [1.54, 1.807) is 0 Å². The van der Waals surface area contributed by atoms with Crippen LogP contribution < -0.4 is 9.47 Å². The van der Waals surface area contributed by atoms with Crippen molar-refractivity contribution >= 4 is 16.7 Å². The maximum absolute atomic E-state index is 12.5. The van der Waals surface area contributed by atoms with E-state index in [2.05, 4.69) is 13.8 Å². The summed E-state index contributed by atoms with van der Waals surface area (Å²) in [6.07, 6.45) is 7.66. The summed E-state index contributed by atoms with van der Waals surface area (Å²) in [4.78, 5) is 12.5. The lowest BCUT2D eigenvalue weighted by molar-refractivity contribution is -0.140. The lowest BCUT2D eigenvalue weighted by Crippen LogP contribution is -2.29. The van der Waals surface area contributed by atoms with Gasteiger partial charge in [0, 0.05) is 5.92 Å². The fourth-order valence-electron chi connectivity index (χ4n) is 4.84. The van der Waals surface area contributed by atoms with Crippen LogP contribution in [0, 0.1) is 23.7 Å². The Hall–Kier alpha value is -2.07. The third kappa shape index (κ3) is 5.15. The van der Waals surface area contributed by atoms with E-state index in [1.807, 2.05) is 36.4 Å². The van der Waals surface area contributed by atoms with Crippen molar-refractivity contribution in [3.63, 3.8) is 0 Å². The molecule has 2 aliphatic carbocycles. The van der Waals surface area contributed by atoms with Crippen molar-refractivity contribution in [2.75, 3.05) is 0 Å². The number of esters is 1. The average molecular weight is 411 g/mol. The molecule has 0 aromatic heterocycles. The van der Waals surface area contributed by atoms with E-state index in [4.69, 9.17) is 9.47 Å². The van der Waals surface area contributed by atoms with Crippen molar-refractivity contribution in [3.8, 4) is 11.5 Å². The SMILES string of the molecule is CC1CCC(C(=O)Oc2ccc3cc(OC(O)C4CCC(C)CC4)ccc3c2)CC1. The van der Waals surface area contributed by atoms with E-state index in [9.17, 15) is 9.90 Å². The van der Waals surface area contributed by atoms with Crippen LogP contribution in [0.2, 0.25) is 0 Å². The maximum atomic E-state index is 12.5. The van der Waals surface area contributed by atoms with E-state index in [0.29, 0.717) is 17.4 Å². The minimum Gasteiger partial charge on any atom is -0.465 e. The first-order valence-electron chi connectivity index (χ1n) is 11.6. The fourth-order valence-corrected chi connectivity index (χ4v) is 4.84. The molecule has 0 bridgehead atoms. The van der Waals surface area contributed by atoms with E-state index in [0.717, 1.165) is 68.1 Å². The summed E-state index contributed by atoms with van der Waals surface area (Å²) < 4.78 is 11.5. The molecule has 2 fully saturated rings. The summed E-state index contributed by atoms with van der Waals surface area (Å²) in [5.74, 6) is 2.86. The molecule has 0 amide bonds. The number of hydrogen-bond donors (Lipinski definition) is 1. The van der Waals surface area contributed by atoms with Gasteiger partial charge in [0.1, 0.15) is 11.5 Å². The molecule has 2 aliphatic rings. The second kappa shape index (κ2) is 9.38. The Morgan fingerprint density at radius 2 is 1.37 bits per heavy atom. The van der Waals surface area contributed by atoms with Crippen molar-refractivity contribution in [2.45, 2.75) is 71.5 Å². The van der Waals surface area contributed by atoms with Gasteiger partial charge in [-0.25, -0.2) is 0 Å². The fraction of sp³-hybridized carbons (Fsp3) is 0.577. The second-order valence-corrected chi connectivity index (χ2v) is 9.58. The Labute approximate surface area is 179 Å². The molecule has 162 valence electrons. The van der Waals surface area contributed by atoms with Crippen LogP contribution in [-0.4, -0.2) is 17.4 Å². The number of benzene rings is 2. The molecule has 0 spiro atoms. The van der Waals surface area contributed by atoms with Crippen LogP contribution in [0.5, 0.6) is 11.5 Å². The van der Waals surface area contributed by atoms with Gasteiger partial charge in [-0.1, -0.05) is 38.8 Å². The lowest BCUT2D eigenvalue weighted by Gasteiger charge is -2.29. The van der Waals surface area contributed by atoms with Crippen molar-refractivity contribution in [1.82, 2.24) is 0 Å². The largest absolute Gasteiger partial charge is 0.465 e. The number of rotatable bonds is 5. The molecular formula is C26H34O4. The van der Waals surface area contributed by atoms with Gasteiger partial charge in [0.05, 0.1) is 5.92 Å². The second-order valence-electron chi connectivity index (χ2n) is 9.58. The summed E-state index contributed by atoms with van der Waals surface area (Å²) >= 11 is 0. The first-order valence-corrected chi connectivity index (χ1v) is 11.6. The molecule has 30 heavy (non-hydrogen) atoms. The molecule has 2 aromatic rings. The third-order valence-corrected chi connectivity index (χ3v) is 7.07. The lowest BCUT2D eigenvalue weighted by atomic mass is 9.83. The van der Waals surface area contributed by atoms with Gasteiger partial charge in [0.2, 0.25) is 0 Å². The predicted molar refractivity (Wildman–Crippen MR) is 118 cm³/mol. The molecule has 4 heteroatoms. The number of hydrogen-bond acceptors (Lipinski definition) is 4. The molecule has 0 saturated heterocycles. The minimum absolute atomic E-state index is 0.0249. The summed E-state index contributed by atoms with van der Waals surface area (Å²) in [6.45, 7) is 4.52. The van der Waals surface area contributed by atoms with Crippen molar-refractivity contribution in [2.24, 2.45) is 23.7 Å². The van der Waals surface area contributed by atoms with E-state index < -0.39 is 6.29 Å². The zero-order chi connectivity index (χ0) is 21.1. The third-order valence-electron chi connectivity index (χ3n) is 7.07. The zero-order valence-electron chi connectivity index (χ0n) is 18.2. The zero-order valence-corrected chi connectivity index (χ0v) is 18.2. The first kappa shape index (κ1) is 21.2. The van der Waals surface area contributed by atoms with Crippen LogP contribution >= 0.6 is 0 Å². The molecule has 0 aliphatic heterocycles. The Morgan fingerprint density at radius 1 is 0.833 bits per heavy atom. The van der Waals surface area contributed by atoms with Crippen LogP contribution in [0.25, 0.3) is 10.8 Å². The highest BCUT2D eigenvalue weighted by molar-refractivity contribution is 5.86. The van der Waals surface area contributed by atoms with E-state index in [1.165, 1.54) is 0 Å². The normalized spacial score (nSPS) is 28.1. The molecule has 4 rings (SSSR count). The van der Waals surface area contributed by atoms with Gasteiger partial charge in [-0.05, 0) is 85.4 Å². The Kier molecular flexibility index (Phi) is 6.62. The standard InChI is InChI=1S/C26H34O4/c1-17-3-7-19(8-4-17)25(27)29-23-13-11-22-16-24(14-12-21(22)15-23)30-26(28)20-9-5-18(2)6-10-20/h11-20,25,27H,3-10H2,1-2H3. The highest BCUT2D eigenvalue weighted by Crippen LogP contribution is 2.33. The van der Waals surface area contributed by atoms with Gasteiger partial charge in [0.15, 0.2) is 6.29 Å². The summed E-state index contributed by atoms with van der Waals surface area (Å²) in [7, 11) is 0. The maximum Gasteiger partial charge on any atom is 0.314 e. The topological polar surface area (TPSA) is 55.8 Å². The summed E-state index contributed by atoms with van der Waals surface area (Å²) in [5.41, 5.74) is 0. The van der Waals surface area contributed by atoms with Gasteiger partial charge in [-0.2, -0.15) is 0 Å². The molecular weight excluding hydrogens is 376 g/mol. The van der Waals surface area contributed by atoms with E-state index >= 15 is 0 Å². The minimum atomic E-state index is -0.756. The number of ether oxygens (including phenoxy) is 2. The van der Waals surface area contributed by atoms with Gasteiger partial charge in [-0.3, -0.25) is 4.79 Å². The molecule has 0 radical (unpaired) electrons. The Bertz CT molecular complexity index is 860. The van der Waals surface area contributed by atoms with Crippen LogP contribution in [0.1, 0.15) is 65.2 Å². The molecule has 1 atom stereocenters. The molecule has 1 unspecified atom stereocenters. The first-order chi connectivity index (χ1) is 14.5. The van der Waals surface area contributed by atoms with Crippen molar-refractivity contribution in [3.05, 3.63) is 36.4 Å². The highest BCUT2D eigenvalue weighted by atomic mass is 16.6. The van der Waals surface area contributed by atoms with Crippen LogP contribution in [0.4, 0.5) is 0 Å². The molecule has 1 N–H and O–H groups in total. The van der Waals surface area contributed by atoms with Gasteiger partial charge < -0.3 is 14.6 Å². The van der Waals surface area contributed by atoms with Crippen LogP contribution in [-0.2, 0) is 4.79 Å². The Balaban J connectivity index is 1.38. The molecule has 4 nitrogen and oxygen atoms in total. The summed E-state index contributed by atoms with van der Waals surface area (Å²) in [5, 5.41) is 12.5. The van der Waals surface area contributed by atoms with Gasteiger partial charge >= 0.3 is 5.97 Å². The Morgan fingerprint density at radius 3 is 2.00 bits per heavy atom. The number of fused-ring (bicyclic) bond motifs is 1. The van der Waals surface area contributed by atoms with Crippen molar-refractivity contribution in [1.29, 1.82) is 0 Å². The van der Waals surface area contributed by atoms with Crippen LogP contribution in [0.15, 0.2) is 36.4 Å². The monoisotopic (exact) mass is 410 g/mol. The number of carbonyl (C=O) groups excluding carboxylic acids is 1. The van der Waals surface area contributed by atoms with E-state index in [-0.39, 0.29) is 17.8 Å². The van der Waals surface area contributed by atoms with Crippen molar-refractivity contribution < 1.29 is 19.4 Å². The van der Waals surface area contributed by atoms with Gasteiger partial charge in [-0.15, -0.1) is 0 Å². The molecule has 0 heterocycles. The quantitative estimate of drug-likeness (QED) is 0.368. The summed E-state index contributed by atoms with van der Waals surface area (Å²) in [6, 6.07) is 11.5. The highest BCUT2D eigenvalue weighted by Gasteiger charge is 2.27. The van der Waals surface area contributed by atoms with Gasteiger partial charge in [0.25, 0.3) is 0 Å². The smallest absolute Gasteiger partial charge is 0.314 e. The number of carbonyl (C=O) groups is 1.